The number of hydrogen-bond donors (Lipinski definition) is 1. The summed E-state index contributed by atoms with van der Waals surface area (Å²) in [7, 11) is 0. The summed E-state index contributed by atoms with van der Waals surface area (Å²) in [5.41, 5.74) is 2.99. The Bertz CT molecular complexity index is 1050. The van der Waals surface area contributed by atoms with Gasteiger partial charge in [-0.3, -0.25) is 14.5 Å². The van der Waals surface area contributed by atoms with Crippen LogP contribution in [-0.2, 0) is 6.54 Å². The van der Waals surface area contributed by atoms with Crippen molar-refractivity contribution in [2.75, 3.05) is 19.6 Å². The van der Waals surface area contributed by atoms with E-state index in [1.807, 2.05) is 41.1 Å². The van der Waals surface area contributed by atoms with Crippen molar-refractivity contribution in [1.82, 2.24) is 14.5 Å². The molecular formula is C21H21N3O2. The fourth-order valence-corrected chi connectivity index (χ4v) is 4.72. The Hall–Kier alpha value is -2.66. The van der Waals surface area contributed by atoms with Gasteiger partial charge in [-0.25, -0.2) is 0 Å². The molecule has 0 aliphatic carbocycles. The van der Waals surface area contributed by atoms with Gasteiger partial charge < -0.3 is 9.55 Å². The Morgan fingerprint density at radius 2 is 1.96 bits per heavy atom. The molecule has 3 aromatic rings. The maximum Gasteiger partial charge on any atom is 0.250 e. The number of carbonyl (C=O) groups is 1. The molecule has 0 amide bonds. The SMILES string of the molecule is O=C(CN1C[C@@H]2C[C@@H](C1)c1cccc(=O)n1C2)c1c[nH]c2ccccc12. The van der Waals surface area contributed by atoms with Gasteiger partial charge in [0.15, 0.2) is 5.78 Å². The number of ketones is 1. The van der Waals surface area contributed by atoms with Crippen LogP contribution in [0, 0.1) is 5.92 Å². The van der Waals surface area contributed by atoms with E-state index >= 15 is 0 Å². The summed E-state index contributed by atoms with van der Waals surface area (Å²) >= 11 is 0. The second-order valence-electron chi connectivity index (χ2n) is 7.56. The Morgan fingerprint density at radius 3 is 2.88 bits per heavy atom. The van der Waals surface area contributed by atoms with E-state index in [9.17, 15) is 9.59 Å². The van der Waals surface area contributed by atoms with E-state index in [0.717, 1.165) is 48.2 Å². The van der Waals surface area contributed by atoms with E-state index in [2.05, 4.69) is 16.0 Å². The second-order valence-corrected chi connectivity index (χ2v) is 7.56. The number of benzene rings is 1. The quantitative estimate of drug-likeness (QED) is 0.741. The lowest BCUT2D eigenvalue weighted by molar-refractivity contribution is 0.0819. The molecule has 1 N–H and O–H groups in total. The van der Waals surface area contributed by atoms with Gasteiger partial charge >= 0.3 is 0 Å². The van der Waals surface area contributed by atoms with Gasteiger partial charge in [-0.2, -0.15) is 0 Å². The largest absolute Gasteiger partial charge is 0.360 e. The molecular weight excluding hydrogens is 326 g/mol. The highest BCUT2D eigenvalue weighted by Crippen LogP contribution is 2.35. The van der Waals surface area contributed by atoms with E-state index in [1.165, 1.54) is 0 Å². The van der Waals surface area contributed by atoms with E-state index < -0.39 is 0 Å². The summed E-state index contributed by atoms with van der Waals surface area (Å²) in [4.78, 5) is 30.5. The first-order valence-corrected chi connectivity index (χ1v) is 9.20. The predicted octanol–water partition coefficient (Wildman–Crippen LogP) is 2.63. The molecule has 0 spiro atoms. The fraction of sp³-hybridized carbons (Fsp3) is 0.333. The number of Topliss-reactive ketones (excluding diaryl/α,β-unsaturated/α-hetero) is 1. The van der Waals surface area contributed by atoms with Crippen LogP contribution in [0.5, 0.6) is 0 Å². The fourth-order valence-electron chi connectivity index (χ4n) is 4.72. The number of hydrogen-bond acceptors (Lipinski definition) is 3. The van der Waals surface area contributed by atoms with E-state index in [1.54, 1.807) is 6.07 Å². The molecule has 0 radical (unpaired) electrons. The number of aromatic nitrogens is 2. The van der Waals surface area contributed by atoms with E-state index in [0.29, 0.717) is 18.4 Å². The van der Waals surface area contributed by atoms with Crippen molar-refractivity contribution in [2.45, 2.75) is 18.9 Å². The molecule has 2 aliphatic rings. The Kier molecular flexibility index (Phi) is 3.57. The number of fused-ring (bicyclic) bond motifs is 5. The minimum atomic E-state index is 0.0977. The van der Waals surface area contributed by atoms with Crippen molar-refractivity contribution in [1.29, 1.82) is 0 Å². The van der Waals surface area contributed by atoms with Crippen LogP contribution in [0.2, 0.25) is 0 Å². The Balaban J connectivity index is 1.38. The summed E-state index contributed by atoms with van der Waals surface area (Å²) in [5, 5.41) is 0.992. The van der Waals surface area contributed by atoms with Gasteiger partial charge in [0.25, 0.3) is 5.56 Å². The third-order valence-electron chi connectivity index (χ3n) is 5.81. The number of likely N-dealkylation sites (tertiary alicyclic amines) is 1. The molecule has 132 valence electrons. The summed E-state index contributed by atoms with van der Waals surface area (Å²) in [5.74, 6) is 0.942. The molecule has 2 bridgehead atoms. The van der Waals surface area contributed by atoms with Crippen LogP contribution in [0.25, 0.3) is 10.9 Å². The third-order valence-corrected chi connectivity index (χ3v) is 5.81. The van der Waals surface area contributed by atoms with Gasteiger partial charge in [0.1, 0.15) is 0 Å². The zero-order valence-corrected chi connectivity index (χ0v) is 14.5. The standard InChI is InChI=1S/C21H21N3O2/c25-20(17-9-22-18-5-2-1-4-16(17)18)13-23-10-14-8-15(12-23)19-6-3-7-21(26)24(19)11-14/h1-7,9,14-15,22H,8,10-13H2/t14-,15-/m0/s1. The highest BCUT2D eigenvalue weighted by atomic mass is 16.1. The van der Waals surface area contributed by atoms with Crippen molar-refractivity contribution in [3.63, 3.8) is 0 Å². The van der Waals surface area contributed by atoms with Gasteiger partial charge in [0.2, 0.25) is 0 Å². The van der Waals surface area contributed by atoms with E-state index in [4.69, 9.17) is 0 Å². The van der Waals surface area contributed by atoms with Crippen LogP contribution in [0.3, 0.4) is 0 Å². The maximum absolute atomic E-state index is 12.9. The maximum atomic E-state index is 12.9. The van der Waals surface area contributed by atoms with Crippen LogP contribution in [0.4, 0.5) is 0 Å². The first kappa shape index (κ1) is 15.6. The smallest absolute Gasteiger partial charge is 0.250 e. The lowest BCUT2D eigenvalue weighted by Crippen LogP contribution is -2.48. The van der Waals surface area contributed by atoms with Gasteiger partial charge in [-0.15, -0.1) is 0 Å². The molecule has 0 saturated carbocycles. The summed E-state index contributed by atoms with van der Waals surface area (Å²) < 4.78 is 1.93. The first-order valence-electron chi connectivity index (χ1n) is 9.20. The minimum Gasteiger partial charge on any atom is -0.360 e. The number of pyridine rings is 1. The zero-order chi connectivity index (χ0) is 17.7. The molecule has 2 aromatic heterocycles. The first-order chi connectivity index (χ1) is 12.7. The molecule has 2 atom stereocenters. The molecule has 26 heavy (non-hydrogen) atoms. The van der Waals surface area contributed by atoms with Crippen molar-refractivity contribution in [3.8, 4) is 0 Å². The van der Waals surface area contributed by atoms with E-state index in [-0.39, 0.29) is 11.3 Å². The number of rotatable bonds is 3. The zero-order valence-electron chi connectivity index (χ0n) is 14.5. The van der Waals surface area contributed by atoms with Gasteiger partial charge in [0, 0.05) is 60.0 Å². The highest BCUT2D eigenvalue weighted by molar-refractivity contribution is 6.08. The normalized spacial score (nSPS) is 22.3. The molecule has 1 aromatic carbocycles. The summed E-state index contributed by atoms with van der Waals surface area (Å²) in [6, 6.07) is 13.5. The van der Waals surface area contributed by atoms with Crippen LogP contribution in [0.1, 0.15) is 28.4 Å². The molecule has 5 heteroatoms. The van der Waals surface area contributed by atoms with Gasteiger partial charge in [-0.05, 0) is 24.5 Å². The topological polar surface area (TPSA) is 58.1 Å². The monoisotopic (exact) mass is 347 g/mol. The number of piperidine rings is 1. The predicted molar refractivity (Wildman–Crippen MR) is 101 cm³/mol. The molecule has 1 saturated heterocycles. The number of aromatic amines is 1. The number of para-hydroxylation sites is 1. The third kappa shape index (κ3) is 2.51. The minimum absolute atomic E-state index is 0.0977. The average molecular weight is 347 g/mol. The molecule has 4 heterocycles. The van der Waals surface area contributed by atoms with Gasteiger partial charge in [0.05, 0.1) is 6.54 Å². The van der Waals surface area contributed by atoms with Crippen LogP contribution < -0.4 is 5.56 Å². The van der Waals surface area contributed by atoms with Crippen LogP contribution in [-0.4, -0.2) is 39.9 Å². The molecule has 0 unspecified atom stereocenters. The van der Waals surface area contributed by atoms with Crippen LogP contribution in [0.15, 0.2) is 53.5 Å². The molecule has 5 nitrogen and oxygen atoms in total. The lowest BCUT2D eigenvalue weighted by atomic mass is 9.83. The van der Waals surface area contributed by atoms with Crippen LogP contribution >= 0.6 is 0 Å². The Labute approximate surface area is 151 Å². The number of carbonyl (C=O) groups excluding carboxylic acids is 1. The van der Waals surface area contributed by atoms with Gasteiger partial charge in [-0.1, -0.05) is 24.3 Å². The number of nitrogens with one attached hydrogen (secondary N) is 1. The molecule has 1 fully saturated rings. The number of nitrogens with zero attached hydrogens (tertiary/aromatic N) is 2. The van der Waals surface area contributed by atoms with Crippen molar-refractivity contribution >= 4 is 16.7 Å². The summed E-state index contributed by atoms with van der Waals surface area (Å²) in [6.07, 6.45) is 2.94. The average Bonchev–Trinajstić information content (AvgIpc) is 3.07. The molecule has 2 aliphatic heterocycles. The Morgan fingerprint density at radius 1 is 1.08 bits per heavy atom. The van der Waals surface area contributed by atoms with Crippen molar-refractivity contribution in [2.24, 2.45) is 5.92 Å². The lowest BCUT2D eigenvalue weighted by Gasteiger charge is -2.42. The summed E-state index contributed by atoms with van der Waals surface area (Å²) in [6.45, 7) is 2.93. The second kappa shape index (κ2) is 5.95. The number of H-pyrrole nitrogens is 1. The van der Waals surface area contributed by atoms with Crippen molar-refractivity contribution < 1.29 is 4.79 Å². The van der Waals surface area contributed by atoms with Crippen molar-refractivity contribution in [3.05, 3.63) is 70.3 Å². The highest BCUT2D eigenvalue weighted by Gasteiger charge is 2.35. The molecule has 5 rings (SSSR count).